The first-order chi connectivity index (χ1) is 17.5. The monoisotopic (exact) mass is 465 g/mol. The van der Waals surface area contributed by atoms with Crippen LogP contribution < -0.4 is 0 Å². The molecule has 0 fully saturated rings. The Kier molecular flexibility index (Phi) is 4.44. The van der Waals surface area contributed by atoms with Crippen LogP contribution in [0.2, 0.25) is 0 Å². The van der Waals surface area contributed by atoms with Gasteiger partial charge in [-0.15, -0.1) is 0 Å². The largest absolute Gasteiger partial charge is 0.453 e. The minimum Gasteiger partial charge on any atom is -0.453 e. The second-order valence-electron chi connectivity index (χ2n) is 10.0. The molecule has 0 aliphatic carbocycles. The lowest BCUT2D eigenvalue weighted by Crippen LogP contribution is -2.00. The highest BCUT2D eigenvalue weighted by Gasteiger charge is 2.17. The van der Waals surface area contributed by atoms with Gasteiger partial charge in [-0.2, -0.15) is 0 Å². The average Bonchev–Trinajstić information content (AvgIpc) is 2.87. The molecule has 7 rings (SSSR count). The van der Waals surface area contributed by atoms with E-state index in [1.807, 2.05) is 0 Å². The summed E-state index contributed by atoms with van der Waals surface area (Å²) in [6.07, 6.45) is 0. The van der Waals surface area contributed by atoms with Gasteiger partial charge in [0.05, 0.1) is 11.0 Å². The van der Waals surface area contributed by atoms with Crippen molar-refractivity contribution in [1.82, 2.24) is 4.57 Å². The highest BCUT2D eigenvalue weighted by molar-refractivity contribution is 6.30. The SMILES string of the molecule is Cc1cc(C)c2c(c1)oc1cc(C)c3c4ccccc4c4ccccc4c4ccccc4c3c1n2C. The first kappa shape index (κ1) is 21.0. The molecule has 2 heteroatoms. The Morgan fingerprint density at radius 3 is 1.56 bits per heavy atom. The maximum atomic E-state index is 6.66. The summed E-state index contributed by atoms with van der Waals surface area (Å²) in [6.45, 7) is 6.52. The van der Waals surface area contributed by atoms with E-state index in [4.69, 9.17) is 4.42 Å². The fourth-order valence-corrected chi connectivity index (χ4v) is 6.28. The Labute approximate surface area is 209 Å². The lowest BCUT2D eigenvalue weighted by molar-refractivity contribution is 0.649. The van der Waals surface area contributed by atoms with Gasteiger partial charge < -0.3 is 8.98 Å². The second-order valence-corrected chi connectivity index (χ2v) is 10.0. The Balaban J connectivity index is 1.94. The first-order valence-electron chi connectivity index (χ1n) is 12.5. The Hall–Kier alpha value is -4.30. The maximum absolute atomic E-state index is 6.66. The smallest absolute Gasteiger partial charge is 0.152 e. The van der Waals surface area contributed by atoms with Crippen molar-refractivity contribution in [2.45, 2.75) is 20.8 Å². The molecule has 0 aliphatic heterocycles. The van der Waals surface area contributed by atoms with Crippen LogP contribution in [0.25, 0.3) is 65.3 Å². The third kappa shape index (κ3) is 2.85. The molecule has 0 aliphatic rings. The van der Waals surface area contributed by atoms with E-state index in [0.717, 1.165) is 22.2 Å². The molecule has 0 atom stereocenters. The molecule has 0 unspecified atom stereocenters. The van der Waals surface area contributed by atoms with Crippen molar-refractivity contribution >= 4 is 65.3 Å². The van der Waals surface area contributed by atoms with Crippen molar-refractivity contribution in [3.8, 4) is 0 Å². The van der Waals surface area contributed by atoms with Gasteiger partial charge in [-0.3, -0.25) is 0 Å². The van der Waals surface area contributed by atoms with E-state index in [1.165, 1.54) is 59.8 Å². The van der Waals surface area contributed by atoms with E-state index in [1.54, 1.807) is 0 Å². The lowest BCUT2D eigenvalue weighted by atomic mass is 9.92. The minimum absolute atomic E-state index is 0.910. The molecular weight excluding hydrogens is 438 g/mol. The van der Waals surface area contributed by atoms with Gasteiger partial charge in [0.2, 0.25) is 0 Å². The summed E-state index contributed by atoms with van der Waals surface area (Å²) in [7, 11) is 2.18. The predicted octanol–water partition coefficient (Wildman–Crippen LogP) is 9.59. The van der Waals surface area contributed by atoms with Gasteiger partial charge in [0.15, 0.2) is 11.2 Å². The molecule has 0 spiro atoms. The van der Waals surface area contributed by atoms with Gasteiger partial charge >= 0.3 is 0 Å². The summed E-state index contributed by atoms with van der Waals surface area (Å²) in [6, 6.07) is 33.0. The average molecular weight is 466 g/mol. The minimum atomic E-state index is 0.910. The van der Waals surface area contributed by atoms with E-state index in [0.29, 0.717) is 0 Å². The first-order valence-corrected chi connectivity index (χ1v) is 12.5. The maximum Gasteiger partial charge on any atom is 0.152 e. The molecule has 0 saturated heterocycles. The molecule has 7 aromatic rings. The number of hydrogen-bond acceptors (Lipinski definition) is 1. The van der Waals surface area contributed by atoms with Crippen LogP contribution in [0.4, 0.5) is 0 Å². The van der Waals surface area contributed by atoms with Gasteiger partial charge in [0.25, 0.3) is 0 Å². The van der Waals surface area contributed by atoms with Crippen LogP contribution in [0.1, 0.15) is 16.7 Å². The fraction of sp³-hybridized carbons (Fsp3) is 0.118. The number of rotatable bonds is 0. The van der Waals surface area contributed by atoms with Gasteiger partial charge in [-0.05, 0) is 87.3 Å². The predicted molar refractivity (Wildman–Crippen MR) is 155 cm³/mol. The van der Waals surface area contributed by atoms with Gasteiger partial charge in [-0.1, -0.05) is 78.9 Å². The molecule has 1 heterocycles. The highest BCUT2D eigenvalue weighted by Crippen LogP contribution is 2.41. The Morgan fingerprint density at radius 1 is 0.500 bits per heavy atom. The summed E-state index contributed by atoms with van der Waals surface area (Å²) in [5.41, 5.74) is 7.73. The fourth-order valence-electron chi connectivity index (χ4n) is 6.28. The van der Waals surface area contributed by atoms with Gasteiger partial charge in [-0.25, -0.2) is 0 Å². The van der Waals surface area contributed by atoms with Crippen molar-refractivity contribution in [3.05, 3.63) is 108 Å². The molecule has 36 heavy (non-hydrogen) atoms. The molecular formula is C34H27NO. The lowest BCUT2D eigenvalue weighted by Gasteiger charge is -2.18. The van der Waals surface area contributed by atoms with E-state index < -0.39 is 0 Å². The van der Waals surface area contributed by atoms with Crippen LogP contribution in [0.3, 0.4) is 0 Å². The van der Waals surface area contributed by atoms with Crippen LogP contribution >= 0.6 is 0 Å². The Morgan fingerprint density at radius 2 is 0.972 bits per heavy atom. The van der Waals surface area contributed by atoms with E-state index in [2.05, 4.69) is 123 Å². The quantitative estimate of drug-likeness (QED) is 0.204. The number of benzene rings is 5. The van der Waals surface area contributed by atoms with Crippen LogP contribution in [-0.4, -0.2) is 4.57 Å². The number of fused-ring (bicyclic) bond motifs is 11. The van der Waals surface area contributed by atoms with Crippen molar-refractivity contribution in [2.75, 3.05) is 0 Å². The zero-order chi connectivity index (χ0) is 24.6. The highest BCUT2D eigenvalue weighted by atomic mass is 16.3. The molecule has 6 aromatic carbocycles. The van der Waals surface area contributed by atoms with Crippen molar-refractivity contribution in [1.29, 1.82) is 0 Å². The summed E-state index contributed by atoms with van der Waals surface area (Å²) < 4.78 is 9.00. The number of aromatic nitrogens is 1. The number of nitrogens with zero attached hydrogens (tertiary/aromatic N) is 1. The van der Waals surface area contributed by atoms with Crippen molar-refractivity contribution in [3.63, 3.8) is 0 Å². The van der Waals surface area contributed by atoms with Crippen molar-refractivity contribution in [2.24, 2.45) is 7.05 Å². The summed E-state index contributed by atoms with van der Waals surface area (Å²) in [4.78, 5) is 0. The molecule has 2 nitrogen and oxygen atoms in total. The third-order valence-electron chi connectivity index (χ3n) is 7.66. The second kappa shape index (κ2) is 7.60. The van der Waals surface area contributed by atoms with E-state index in [9.17, 15) is 0 Å². The van der Waals surface area contributed by atoms with Crippen molar-refractivity contribution < 1.29 is 4.42 Å². The molecule has 0 bridgehead atoms. The van der Waals surface area contributed by atoms with Gasteiger partial charge in [0.1, 0.15) is 0 Å². The summed E-state index contributed by atoms with van der Waals surface area (Å²) in [5.74, 6) is 0. The van der Waals surface area contributed by atoms with Crippen LogP contribution in [0, 0.1) is 20.8 Å². The van der Waals surface area contributed by atoms with Crippen LogP contribution in [-0.2, 0) is 7.05 Å². The molecule has 0 amide bonds. The Bertz CT molecular complexity index is 2090. The zero-order valence-corrected chi connectivity index (χ0v) is 21.0. The standard InChI is InChI=1S/C34H27NO/c1-20-17-22(3)33-29(18-20)36-30-19-21(2)31-27-15-9-7-13-25(27)23-11-5-6-12-24(23)26-14-8-10-16-28(26)32(31)34(30)35(33)4/h5-19H,1-4H3. The molecule has 1 aromatic heterocycles. The molecule has 174 valence electrons. The number of aryl methyl sites for hydroxylation is 4. The topological polar surface area (TPSA) is 18.1 Å². The van der Waals surface area contributed by atoms with Gasteiger partial charge in [0, 0.05) is 12.4 Å². The van der Waals surface area contributed by atoms with E-state index in [-0.39, 0.29) is 0 Å². The third-order valence-corrected chi connectivity index (χ3v) is 7.66. The van der Waals surface area contributed by atoms with Crippen LogP contribution in [0.5, 0.6) is 0 Å². The number of hydrogen-bond donors (Lipinski definition) is 0. The summed E-state index contributed by atoms with van der Waals surface area (Å²) in [5, 5.41) is 10.0. The van der Waals surface area contributed by atoms with Crippen LogP contribution in [0.15, 0.2) is 95.4 Å². The molecule has 0 saturated carbocycles. The summed E-state index contributed by atoms with van der Waals surface area (Å²) >= 11 is 0. The molecule has 0 N–H and O–H groups in total. The zero-order valence-electron chi connectivity index (χ0n) is 21.0. The normalized spacial score (nSPS) is 11.9. The molecule has 0 radical (unpaired) electrons. The van der Waals surface area contributed by atoms with E-state index >= 15 is 0 Å².